The van der Waals surface area contributed by atoms with Gasteiger partial charge >= 0.3 is 6.18 Å². The zero-order chi connectivity index (χ0) is 26.6. The van der Waals surface area contributed by atoms with Gasteiger partial charge in [0.15, 0.2) is 11.5 Å². The monoisotopic (exact) mass is 506 g/mol. The number of nitrogens with one attached hydrogen (secondary N) is 1. The summed E-state index contributed by atoms with van der Waals surface area (Å²) in [4.78, 5) is 30.4. The highest BCUT2D eigenvalue weighted by atomic mass is 19.4. The number of para-hydroxylation sites is 2. The van der Waals surface area contributed by atoms with Crippen molar-refractivity contribution in [1.82, 2.24) is 9.38 Å². The fourth-order valence-corrected chi connectivity index (χ4v) is 3.36. The maximum absolute atomic E-state index is 13.3. The lowest BCUT2D eigenvalue weighted by atomic mass is 10.1. The van der Waals surface area contributed by atoms with Crippen LogP contribution >= 0.6 is 0 Å². The highest BCUT2D eigenvalue weighted by molar-refractivity contribution is 6.09. The number of aromatic nitrogens is 2. The van der Waals surface area contributed by atoms with Crippen molar-refractivity contribution in [3.05, 3.63) is 100.0 Å². The fourth-order valence-electron chi connectivity index (χ4n) is 3.36. The summed E-state index contributed by atoms with van der Waals surface area (Å²) in [5, 5.41) is 11.9. The Bertz CT molecular complexity index is 1620. The minimum absolute atomic E-state index is 0.181. The van der Waals surface area contributed by atoms with Crippen LogP contribution in [0.2, 0.25) is 0 Å². The van der Waals surface area contributed by atoms with Crippen molar-refractivity contribution in [3.63, 3.8) is 0 Å². The van der Waals surface area contributed by atoms with Crippen LogP contribution < -0.4 is 20.3 Å². The molecule has 0 radical (unpaired) electrons. The number of nitrogens with zero attached hydrogens (tertiary/aromatic N) is 3. The van der Waals surface area contributed by atoms with E-state index in [1.54, 1.807) is 48.5 Å². The minimum Gasteiger partial charge on any atom is -0.493 e. The van der Waals surface area contributed by atoms with Crippen molar-refractivity contribution < 1.29 is 27.4 Å². The molecule has 37 heavy (non-hydrogen) atoms. The molecule has 2 aromatic carbocycles. The Morgan fingerprint density at radius 2 is 1.81 bits per heavy atom. The van der Waals surface area contributed by atoms with E-state index >= 15 is 0 Å². The molecule has 0 aliphatic heterocycles. The van der Waals surface area contributed by atoms with Crippen molar-refractivity contribution in [1.29, 1.82) is 5.26 Å². The van der Waals surface area contributed by atoms with Crippen LogP contribution in [0.15, 0.2) is 83.3 Å². The van der Waals surface area contributed by atoms with Gasteiger partial charge in [0, 0.05) is 11.9 Å². The first-order chi connectivity index (χ1) is 17.7. The Balaban J connectivity index is 1.78. The number of ether oxygens (including phenoxy) is 2. The van der Waals surface area contributed by atoms with Crippen molar-refractivity contribution in [2.75, 3.05) is 12.4 Å². The van der Waals surface area contributed by atoms with E-state index < -0.39 is 28.8 Å². The predicted molar refractivity (Wildman–Crippen MR) is 128 cm³/mol. The second-order valence-electron chi connectivity index (χ2n) is 7.52. The summed E-state index contributed by atoms with van der Waals surface area (Å²) in [6, 6.07) is 17.0. The number of amides is 1. The molecular formula is C26H17F3N4O4. The molecule has 1 N–H and O–H groups in total. The Kier molecular flexibility index (Phi) is 6.92. The molecule has 2 heterocycles. The standard InChI is InChI=1S/C26H17F3N4O4/c1-36-20-9-2-3-10-21(20)37-24-19(25(35)33-12-5-4-11-22(33)32-24)13-16(15-30)23(34)31-18-8-6-7-17(14-18)26(27,28)29/h2-14H,1H3,(H,31,34)/b16-13-. The lowest BCUT2D eigenvalue weighted by Gasteiger charge is -2.12. The maximum Gasteiger partial charge on any atom is 0.416 e. The Hall–Kier alpha value is -5.11. The van der Waals surface area contributed by atoms with Crippen LogP contribution in [0.1, 0.15) is 11.1 Å². The van der Waals surface area contributed by atoms with Crippen LogP contribution in [-0.2, 0) is 11.0 Å². The fraction of sp³-hybridized carbons (Fsp3) is 0.0769. The van der Waals surface area contributed by atoms with E-state index in [9.17, 15) is 28.0 Å². The van der Waals surface area contributed by atoms with Gasteiger partial charge in [-0.1, -0.05) is 24.3 Å². The number of nitriles is 1. The average Bonchev–Trinajstić information content (AvgIpc) is 2.88. The van der Waals surface area contributed by atoms with Gasteiger partial charge in [-0.3, -0.25) is 14.0 Å². The van der Waals surface area contributed by atoms with Crippen LogP contribution in [0.3, 0.4) is 0 Å². The van der Waals surface area contributed by atoms with E-state index in [1.165, 1.54) is 23.8 Å². The molecular weight excluding hydrogens is 489 g/mol. The van der Waals surface area contributed by atoms with E-state index in [0.717, 1.165) is 24.3 Å². The summed E-state index contributed by atoms with van der Waals surface area (Å²) >= 11 is 0. The van der Waals surface area contributed by atoms with Gasteiger partial charge in [0.2, 0.25) is 5.88 Å². The van der Waals surface area contributed by atoms with Gasteiger partial charge in [-0.25, -0.2) is 0 Å². The third-order valence-corrected chi connectivity index (χ3v) is 5.11. The molecule has 0 aliphatic rings. The Morgan fingerprint density at radius 1 is 1.08 bits per heavy atom. The van der Waals surface area contributed by atoms with Gasteiger partial charge in [0.1, 0.15) is 22.9 Å². The summed E-state index contributed by atoms with van der Waals surface area (Å²) in [6.07, 6.45) is -2.20. The number of hydrogen-bond donors (Lipinski definition) is 1. The number of carbonyl (C=O) groups excluding carboxylic acids is 1. The quantitative estimate of drug-likeness (QED) is 0.290. The molecule has 0 saturated carbocycles. The summed E-state index contributed by atoms with van der Waals surface area (Å²) in [7, 11) is 1.43. The van der Waals surface area contributed by atoms with E-state index in [-0.39, 0.29) is 28.5 Å². The van der Waals surface area contributed by atoms with Gasteiger partial charge in [0.25, 0.3) is 11.5 Å². The summed E-state index contributed by atoms with van der Waals surface area (Å²) < 4.78 is 51.4. The molecule has 2 aromatic heterocycles. The number of pyridine rings is 1. The Labute approximate surface area is 207 Å². The molecule has 8 nitrogen and oxygen atoms in total. The Morgan fingerprint density at radius 3 is 2.51 bits per heavy atom. The van der Waals surface area contributed by atoms with Crippen LogP contribution in [0.4, 0.5) is 18.9 Å². The third kappa shape index (κ3) is 5.43. The predicted octanol–water partition coefficient (Wildman–Crippen LogP) is 5.06. The number of fused-ring (bicyclic) bond motifs is 1. The van der Waals surface area contributed by atoms with Crippen molar-refractivity contribution in [2.45, 2.75) is 6.18 Å². The molecule has 186 valence electrons. The molecule has 0 spiro atoms. The first-order valence-corrected chi connectivity index (χ1v) is 10.6. The molecule has 0 saturated heterocycles. The minimum atomic E-state index is -4.62. The van der Waals surface area contributed by atoms with E-state index in [1.807, 2.05) is 0 Å². The topological polar surface area (TPSA) is 106 Å². The highest BCUT2D eigenvalue weighted by Gasteiger charge is 2.30. The van der Waals surface area contributed by atoms with E-state index in [0.29, 0.717) is 5.75 Å². The molecule has 1 amide bonds. The first-order valence-electron chi connectivity index (χ1n) is 10.6. The van der Waals surface area contributed by atoms with Crippen LogP contribution in [0.5, 0.6) is 17.4 Å². The van der Waals surface area contributed by atoms with Gasteiger partial charge in [0.05, 0.1) is 12.7 Å². The van der Waals surface area contributed by atoms with Crippen molar-refractivity contribution >= 4 is 23.3 Å². The van der Waals surface area contributed by atoms with Gasteiger partial charge in [-0.15, -0.1) is 0 Å². The van der Waals surface area contributed by atoms with Crippen LogP contribution in [-0.4, -0.2) is 22.4 Å². The second-order valence-corrected chi connectivity index (χ2v) is 7.52. The highest BCUT2D eigenvalue weighted by Crippen LogP contribution is 2.32. The summed E-state index contributed by atoms with van der Waals surface area (Å²) in [5.74, 6) is -0.669. The van der Waals surface area contributed by atoms with Gasteiger partial charge in [-0.2, -0.15) is 23.4 Å². The molecule has 11 heteroatoms. The lowest BCUT2D eigenvalue weighted by molar-refractivity contribution is -0.137. The number of carbonyl (C=O) groups is 1. The number of anilines is 1. The van der Waals surface area contributed by atoms with Crippen LogP contribution in [0, 0.1) is 11.3 Å². The van der Waals surface area contributed by atoms with E-state index in [2.05, 4.69) is 10.3 Å². The molecule has 4 rings (SSSR count). The van der Waals surface area contributed by atoms with Gasteiger partial charge < -0.3 is 14.8 Å². The molecule has 0 unspecified atom stereocenters. The number of alkyl halides is 3. The third-order valence-electron chi connectivity index (χ3n) is 5.11. The number of halogens is 3. The molecule has 4 aromatic rings. The molecule has 0 atom stereocenters. The lowest BCUT2D eigenvalue weighted by Crippen LogP contribution is -2.20. The molecule has 0 bridgehead atoms. The zero-order valence-electron chi connectivity index (χ0n) is 19.1. The second kappa shape index (κ2) is 10.2. The summed E-state index contributed by atoms with van der Waals surface area (Å²) in [5.41, 5.74) is -2.35. The normalized spacial score (nSPS) is 11.6. The van der Waals surface area contributed by atoms with Crippen LogP contribution in [0.25, 0.3) is 11.7 Å². The van der Waals surface area contributed by atoms with Crippen molar-refractivity contribution in [2.24, 2.45) is 0 Å². The first kappa shape index (κ1) is 25.0. The maximum atomic E-state index is 13.3. The summed E-state index contributed by atoms with van der Waals surface area (Å²) in [6.45, 7) is 0. The number of methoxy groups -OCH3 is 1. The van der Waals surface area contributed by atoms with Crippen molar-refractivity contribution in [3.8, 4) is 23.4 Å². The average molecular weight is 506 g/mol. The van der Waals surface area contributed by atoms with E-state index in [4.69, 9.17) is 9.47 Å². The number of benzene rings is 2. The molecule has 0 aliphatic carbocycles. The largest absolute Gasteiger partial charge is 0.493 e. The van der Waals surface area contributed by atoms with Gasteiger partial charge in [-0.05, 0) is 48.5 Å². The number of rotatable bonds is 6. The number of hydrogen-bond acceptors (Lipinski definition) is 6. The SMILES string of the molecule is COc1ccccc1Oc1nc2ccccn2c(=O)c1/C=C(/C#N)C(=O)Nc1cccc(C(F)(F)F)c1. The zero-order valence-corrected chi connectivity index (χ0v) is 19.1. The molecule has 0 fully saturated rings. The smallest absolute Gasteiger partial charge is 0.416 e.